The number of hydrogen-bond donors (Lipinski definition) is 0. The van der Waals surface area contributed by atoms with Gasteiger partial charge in [0.15, 0.2) is 5.78 Å². The van der Waals surface area contributed by atoms with E-state index in [0.29, 0.717) is 17.9 Å². The zero-order valence-corrected chi connectivity index (χ0v) is 16.8. The molecule has 144 valence electrons. The Balaban J connectivity index is 1.88. The van der Waals surface area contributed by atoms with Gasteiger partial charge in [-0.15, -0.1) is 0 Å². The molecule has 1 amide bonds. The molecule has 0 saturated heterocycles. The minimum absolute atomic E-state index is 0.00774. The van der Waals surface area contributed by atoms with Crippen LogP contribution in [0.25, 0.3) is 0 Å². The number of ketones is 1. The van der Waals surface area contributed by atoms with E-state index in [1.54, 1.807) is 12.0 Å². The van der Waals surface area contributed by atoms with Crippen LogP contribution in [-0.2, 0) is 9.59 Å². The number of ether oxygens (including phenoxy) is 1. The second-order valence-electron chi connectivity index (χ2n) is 7.28. The molecule has 0 spiro atoms. The summed E-state index contributed by atoms with van der Waals surface area (Å²) in [5, 5.41) is 0.615. The van der Waals surface area contributed by atoms with Gasteiger partial charge in [0.25, 0.3) is 0 Å². The van der Waals surface area contributed by atoms with E-state index in [1.165, 1.54) is 0 Å². The highest BCUT2D eigenvalue weighted by atomic mass is 35.5. The van der Waals surface area contributed by atoms with Crippen LogP contribution in [0.5, 0.6) is 5.75 Å². The van der Waals surface area contributed by atoms with Crippen LogP contribution >= 0.6 is 11.6 Å². The zero-order valence-electron chi connectivity index (χ0n) is 16.0. The van der Waals surface area contributed by atoms with Crippen molar-refractivity contribution in [2.24, 2.45) is 0 Å². The summed E-state index contributed by atoms with van der Waals surface area (Å²) in [6.07, 6.45) is 2.24. The molecule has 28 heavy (non-hydrogen) atoms. The minimum Gasteiger partial charge on any atom is -0.497 e. The molecule has 1 aliphatic carbocycles. The third-order valence-corrected chi connectivity index (χ3v) is 6.06. The SMILES string of the molecule is COc1cccc(C2CC(=O)N(c3cccc(Cl)c3C)C3=C2C(=O)CCC3)c1. The van der Waals surface area contributed by atoms with Crippen molar-refractivity contribution in [1.29, 1.82) is 0 Å². The molecule has 1 atom stereocenters. The number of benzene rings is 2. The first-order valence-electron chi connectivity index (χ1n) is 9.49. The van der Waals surface area contributed by atoms with Gasteiger partial charge in [0.05, 0.1) is 12.8 Å². The fraction of sp³-hybridized carbons (Fsp3) is 0.304. The van der Waals surface area contributed by atoms with Crippen LogP contribution in [0.15, 0.2) is 53.7 Å². The largest absolute Gasteiger partial charge is 0.497 e. The molecule has 1 unspecified atom stereocenters. The number of halogens is 1. The van der Waals surface area contributed by atoms with E-state index < -0.39 is 0 Å². The number of rotatable bonds is 3. The number of hydrogen-bond acceptors (Lipinski definition) is 3. The molecule has 0 fully saturated rings. The molecule has 2 aromatic rings. The van der Waals surface area contributed by atoms with Crippen LogP contribution in [0.4, 0.5) is 5.69 Å². The number of amides is 1. The topological polar surface area (TPSA) is 46.6 Å². The van der Waals surface area contributed by atoms with Crippen molar-refractivity contribution in [1.82, 2.24) is 0 Å². The van der Waals surface area contributed by atoms with Gasteiger partial charge in [-0.25, -0.2) is 0 Å². The van der Waals surface area contributed by atoms with Crippen LogP contribution < -0.4 is 9.64 Å². The van der Waals surface area contributed by atoms with Gasteiger partial charge in [-0.3, -0.25) is 14.5 Å². The van der Waals surface area contributed by atoms with Crippen molar-refractivity contribution in [3.8, 4) is 5.75 Å². The fourth-order valence-electron chi connectivity index (χ4n) is 4.25. The molecule has 4 nitrogen and oxygen atoms in total. The lowest BCUT2D eigenvalue weighted by Gasteiger charge is -2.39. The van der Waals surface area contributed by atoms with Gasteiger partial charge < -0.3 is 4.74 Å². The van der Waals surface area contributed by atoms with Gasteiger partial charge in [-0.1, -0.05) is 29.8 Å². The smallest absolute Gasteiger partial charge is 0.232 e. The summed E-state index contributed by atoms with van der Waals surface area (Å²) in [6, 6.07) is 13.2. The number of anilines is 1. The van der Waals surface area contributed by atoms with E-state index in [2.05, 4.69) is 0 Å². The highest BCUT2D eigenvalue weighted by molar-refractivity contribution is 6.31. The maximum absolute atomic E-state index is 13.3. The summed E-state index contributed by atoms with van der Waals surface area (Å²) in [6.45, 7) is 1.91. The van der Waals surface area contributed by atoms with Crippen LogP contribution in [-0.4, -0.2) is 18.8 Å². The predicted molar refractivity (Wildman–Crippen MR) is 110 cm³/mol. The Morgan fingerprint density at radius 3 is 2.68 bits per heavy atom. The van der Waals surface area contributed by atoms with Crippen molar-refractivity contribution in [2.75, 3.05) is 12.0 Å². The highest BCUT2D eigenvalue weighted by Gasteiger charge is 2.40. The molecule has 1 aliphatic heterocycles. The average Bonchev–Trinajstić information content (AvgIpc) is 2.70. The standard InChI is InChI=1S/C23H22ClNO3/c1-14-18(24)8-4-9-19(14)25-20-10-5-11-21(26)23(20)17(13-22(25)27)15-6-3-7-16(12-15)28-2/h3-4,6-9,12,17H,5,10-11,13H2,1-2H3. The molecule has 0 saturated carbocycles. The Morgan fingerprint density at radius 1 is 1.11 bits per heavy atom. The van der Waals surface area contributed by atoms with Gasteiger partial charge in [0.1, 0.15) is 5.75 Å². The number of allylic oxidation sites excluding steroid dienone is 2. The normalized spacial score (nSPS) is 19.7. The molecule has 5 heteroatoms. The second-order valence-corrected chi connectivity index (χ2v) is 7.69. The first-order valence-corrected chi connectivity index (χ1v) is 9.87. The quantitative estimate of drug-likeness (QED) is 0.718. The Labute approximate surface area is 169 Å². The van der Waals surface area contributed by atoms with E-state index in [0.717, 1.165) is 40.3 Å². The molecule has 0 aromatic heterocycles. The summed E-state index contributed by atoms with van der Waals surface area (Å²) in [4.78, 5) is 27.9. The van der Waals surface area contributed by atoms with Crippen LogP contribution in [0.2, 0.25) is 5.02 Å². The minimum atomic E-state index is -0.235. The first kappa shape index (κ1) is 18.8. The molecule has 0 bridgehead atoms. The number of carbonyl (C=O) groups is 2. The van der Waals surface area contributed by atoms with Gasteiger partial charge in [0.2, 0.25) is 5.91 Å². The molecule has 2 aliphatic rings. The number of nitrogens with zero attached hydrogens (tertiary/aromatic N) is 1. The number of carbonyl (C=O) groups excluding carboxylic acids is 2. The summed E-state index contributed by atoms with van der Waals surface area (Å²) in [7, 11) is 1.62. The fourth-order valence-corrected chi connectivity index (χ4v) is 4.42. The molecule has 4 rings (SSSR count). The van der Waals surface area contributed by atoms with Gasteiger partial charge in [-0.2, -0.15) is 0 Å². The Kier molecular flexibility index (Phi) is 4.98. The molecular weight excluding hydrogens is 374 g/mol. The lowest BCUT2D eigenvalue weighted by molar-refractivity contribution is -0.119. The predicted octanol–water partition coefficient (Wildman–Crippen LogP) is 5.18. The van der Waals surface area contributed by atoms with Gasteiger partial charge in [-0.05, 0) is 55.2 Å². The van der Waals surface area contributed by atoms with Crippen LogP contribution in [0, 0.1) is 6.92 Å². The Morgan fingerprint density at radius 2 is 1.89 bits per heavy atom. The number of methoxy groups -OCH3 is 1. The molecule has 0 radical (unpaired) electrons. The van der Waals surface area contributed by atoms with E-state index in [4.69, 9.17) is 16.3 Å². The van der Waals surface area contributed by atoms with E-state index >= 15 is 0 Å². The van der Waals surface area contributed by atoms with Crippen molar-refractivity contribution in [2.45, 2.75) is 38.5 Å². The maximum atomic E-state index is 13.3. The monoisotopic (exact) mass is 395 g/mol. The van der Waals surface area contributed by atoms with Crippen molar-refractivity contribution in [3.05, 3.63) is 69.9 Å². The van der Waals surface area contributed by atoms with Crippen molar-refractivity contribution < 1.29 is 14.3 Å². The molecular formula is C23H22ClNO3. The zero-order chi connectivity index (χ0) is 19.8. The summed E-state index contributed by atoms with van der Waals surface area (Å²) >= 11 is 6.31. The summed E-state index contributed by atoms with van der Waals surface area (Å²) < 4.78 is 5.34. The summed E-state index contributed by atoms with van der Waals surface area (Å²) in [5.41, 5.74) is 4.15. The summed E-state index contributed by atoms with van der Waals surface area (Å²) in [5.74, 6) is 0.613. The van der Waals surface area contributed by atoms with E-state index in [9.17, 15) is 9.59 Å². The lowest BCUT2D eigenvalue weighted by atomic mass is 9.77. The number of Topliss-reactive ketones (excluding diaryl/α,β-unsaturated/α-hetero) is 1. The molecule has 2 aromatic carbocycles. The third-order valence-electron chi connectivity index (χ3n) is 5.65. The van der Waals surface area contributed by atoms with E-state index in [1.807, 2.05) is 49.4 Å². The van der Waals surface area contributed by atoms with Gasteiger partial charge in [0, 0.05) is 35.1 Å². The molecule has 0 N–H and O–H groups in total. The molecule has 1 heterocycles. The lowest BCUT2D eigenvalue weighted by Crippen LogP contribution is -2.40. The maximum Gasteiger partial charge on any atom is 0.232 e. The van der Waals surface area contributed by atoms with Crippen LogP contribution in [0.1, 0.15) is 42.7 Å². The average molecular weight is 396 g/mol. The van der Waals surface area contributed by atoms with Gasteiger partial charge >= 0.3 is 0 Å². The van der Waals surface area contributed by atoms with E-state index in [-0.39, 0.29) is 24.0 Å². The third kappa shape index (κ3) is 3.12. The van der Waals surface area contributed by atoms with Crippen molar-refractivity contribution in [3.63, 3.8) is 0 Å². The Bertz CT molecular complexity index is 995. The second kappa shape index (κ2) is 7.44. The van der Waals surface area contributed by atoms with Crippen molar-refractivity contribution >= 4 is 29.0 Å². The first-order chi connectivity index (χ1) is 13.5. The highest BCUT2D eigenvalue weighted by Crippen LogP contribution is 2.44. The Hall–Kier alpha value is -2.59. The van der Waals surface area contributed by atoms with Crippen LogP contribution in [0.3, 0.4) is 0 Å².